The molecule has 2 heterocycles. The standard InChI is InChI=1S/C16H24N4O/c1-11-10-15(18-12(2)17-11)20-8-6-14(7-9-20)19-16(21)13-4-3-5-13/h10,13-14H,3-9H2,1-2H3,(H,19,21). The zero-order valence-electron chi connectivity index (χ0n) is 12.9. The second-order valence-corrected chi connectivity index (χ2v) is 6.31. The first-order valence-corrected chi connectivity index (χ1v) is 7.99. The third-order valence-electron chi connectivity index (χ3n) is 4.59. The van der Waals surface area contributed by atoms with Gasteiger partial charge in [-0.15, -0.1) is 0 Å². The predicted molar refractivity (Wildman–Crippen MR) is 82.2 cm³/mol. The minimum absolute atomic E-state index is 0.272. The van der Waals surface area contributed by atoms with Crippen molar-refractivity contribution in [3.63, 3.8) is 0 Å². The van der Waals surface area contributed by atoms with Gasteiger partial charge in [0.05, 0.1) is 0 Å². The molecule has 1 aromatic heterocycles. The number of amides is 1. The Morgan fingerprint density at radius 2 is 1.90 bits per heavy atom. The van der Waals surface area contributed by atoms with Crippen LogP contribution in [0.5, 0.6) is 0 Å². The molecule has 1 saturated heterocycles. The number of aromatic nitrogens is 2. The quantitative estimate of drug-likeness (QED) is 0.924. The summed E-state index contributed by atoms with van der Waals surface area (Å²) in [4.78, 5) is 23.1. The van der Waals surface area contributed by atoms with Gasteiger partial charge < -0.3 is 10.2 Å². The van der Waals surface area contributed by atoms with Gasteiger partial charge in [0.15, 0.2) is 0 Å². The summed E-state index contributed by atoms with van der Waals surface area (Å²) in [6.07, 6.45) is 5.36. The fourth-order valence-electron chi connectivity index (χ4n) is 3.10. The summed E-state index contributed by atoms with van der Waals surface area (Å²) in [6, 6.07) is 2.37. The zero-order chi connectivity index (χ0) is 14.8. The van der Waals surface area contributed by atoms with Gasteiger partial charge in [0.2, 0.25) is 5.91 Å². The van der Waals surface area contributed by atoms with Gasteiger partial charge in [-0.3, -0.25) is 4.79 Å². The molecule has 0 bridgehead atoms. The maximum absolute atomic E-state index is 12.0. The van der Waals surface area contributed by atoms with Crippen LogP contribution in [-0.2, 0) is 4.79 Å². The van der Waals surface area contributed by atoms with Gasteiger partial charge in [-0.1, -0.05) is 6.42 Å². The molecule has 1 aliphatic carbocycles. The van der Waals surface area contributed by atoms with E-state index in [4.69, 9.17) is 0 Å². The summed E-state index contributed by atoms with van der Waals surface area (Å²) in [5, 5.41) is 3.22. The summed E-state index contributed by atoms with van der Waals surface area (Å²) >= 11 is 0. The van der Waals surface area contributed by atoms with Gasteiger partial charge in [-0.2, -0.15) is 0 Å². The molecular weight excluding hydrogens is 264 g/mol. The van der Waals surface area contributed by atoms with Crippen LogP contribution in [0.15, 0.2) is 6.07 Å². The molecular formula is C16H24N4O. The number of hydrogen-bond acceptors (Lipinski definition) is 4. The van der Waals surface area contributed by atoms with Gasteiger partial charge in [-0.05, 0) is 39.5 Å². The summed E-state index contributed by atoms with van der Waals surface area (Å²) in [7, 11) is 0. The normalized spacial score (nSPS) is 20.2. The van der Waals surface area contributed by atoms with Crippen molar-refractivity contribution in [3.05, 3.63) is 17.6 Å². The van der Waals surface area contributed by atoms with Crippen LogP contribution in [0.25, 0.3) is 0 Å². The first kappa shape index (κ1) is 14.3. The summed E-state index contributed by atoms with van der Waals surface area (Å²) in [5.74, 6) is 2.40. The highest BCUT2D eigenvalue weighted by Gasteiger charge is 2.28. The Balaban J connectivity index is 1.53. The van der Waals surface area contributed by atoms with Crippen molar-refractivity contribution in [2.24, 2.45) is 5.92 Å². The van der Waals surface area contributed by atoms with Gasteiger partial charge >= 0.3 is 0 Å². The highest BCUT2D eigenvalue weighted by molar-refractivity contribution is 5.79. The first-order chi connectivity index (χ1) is 10.1. The second kappa shape index (κ2) is 6.00. The number of piperidine rings is 1. The Morgan fingerprint density at radius 1 is 1.19 bits per heavy atom. The Kier molecular flexibility index (Phi) is 4.08. The van der Waals surface area contributed by atoms with Crippen molar-refractivity contribution in [3.8, 4) is 0 Å². The Labute approximate surface area is 126 Å². The highest BCUT2D eigenvalue weighted by atomic mass is 16.2. The van der Waals surface area contributed by atoms with Crippen LogP contribution in [0.2, 0.25) is 0 Å². The first-order valence-electron chi connectivity index (χ1n) is 7.99. The molecule has 2 aliphatic rings. The molecule has 5 nitrogen and oxygen atoms in total. The van der Waals surface area contributed by atoms with E-state index >= 15 is 0 Å². The van der Waals surface area contributed by atoms with Crippen LogP contribution < -0.4 is 10.2 Å². The molecule has 0 spiro atoms. The van der Waals surface area contributed by atoms with Crippen molar-refractivity contribution < 1.29 is 4.79 Å². The lowest BCUT2D eigenvalue weighted by atomic mass is 9.84. The van der Waals surface area contributed by atoms with E-state index in [0.29, 0.717) is 6.04 Å². The number of carbonyl (C=O) groups is 1. The summed E-state index contributed by atoms with van der Waals surface area (Å²) < 4.78 is 0. The molecule has 0 unspecified atom stereocenters. The molecule has 5 heteroatoms. The van der Waals surface area contributed by atoms with E-state index < -0.39 is 0 Å². The lowest BCUT2D eigenvalue weighted by molar-refractivity contribution is -0.128. The van der Waals surface area contributed by atoms with Gasteiger partial charge in [-0.25, -0.2) is 9.97 Å². The van der Waals surface area contributed by atoms with E-state index in [0.717, 1.165) is 56.1 Å². The van der Waals surface area contributed by atoms with Crippen molar-refractivity contribution in [2.75, 3.05) is 18.0 Å². The van der Waals surface area contributed by atoms with E-state index in [1.165, 1.54) is 6.42 Å². The van der Waals surface area contributed by atoms with Crippen molar-refractivity contribution in [2.45, 2.75) is 52.0 Å². The van der Waals surface area contributed by atoms with Gasteiger partial charge in [0, 0.05) is 36.8 Å². The number of anilines is 1. The van der Waals surface area contributed by atoms with E-state index in [9.17, 15) is 4.79 Å². The maximum atomic E-state index is 12.0. The van der Waals surface area contributed by atoms with E-state index in [-0.39, 0.29) is 11.8 Å². The minimum Gasteiger partial charge on any atom is -0.356 e. The molecule has 0 radical (unpaired) electrons. The predicted octanol–water partition coefficient (Wildman–Crippen LogP) is 1.98. The molecule has 1 saturated carbocycles. The van der Waals surface area contributed by atoms with E-state index in [1.54, 1.807) is 0 Å². The lowest BCUT2D eigenvalue weighted by Crippen LogP contribution is -2.47. The minimum atomic E-state index is 0.272. The number of nitrogens with one attached hydrogen (secondary N) is 1. The van der Waals surface area contributed by atoms with E-state index in [1.807, 2.05) is 19.9 Å². The molecule has 21 heavy (non-hydrogen) atoms. The van der Waals surface area contributed by atoms with Crippen molar-refractivity contribution in [1.29, 1.82) is 0 Å². The Morgan fingerprint density at radius 3 is 2.48 bits per heavy atom. The van der Waals surface area contributed by atoms with Gasteiger partial charge in [0.25, 0.3) is 0 Å². The van der Waals surface area contributed by atoms with E-state index in [2.05, 4.69) is 20.2 Å². The number of carbonyl (C=O) groups excluding carboxylic acids is 1. The lowest BCUT2D eigenvalue weighted by Gasteiger charge is -2.35. The Bertz CT molecular complexity index is 499. The molecule has 1 aromatic rings. The molecule has 1 amide bonds. The molecule has 114 valence electrons. The topological polar surface area (TPSA) is 58.1 Å². The largest absolute Gasteiger partial charge is 0.356 e. The molecule has 0 aromatic carbocycles. The average Bonchev–Trinajstić information content (AvgIpc) is 2.36. The number of aryl methyl sites for hydroxylation is 2. The fraction of sp³-hybridized carbons (Fsp3) is 0.688. The molecule has 0 atom stereocenters. The average molecular weight is 288 g/mol. The third-order valence-corrected chi connectivity index (χ3v) is 4.59. The Hall–Kier alpha value is -1.65. The fourth-order valence-corrected chi connectivity index (χ4v) is 3.10. The van der Waals surface area contributed by atoms with Crippen LogP contribution >= 0.6 is 0 Å². The maximum Gasteiger partial charge on any atom is 0.223 e. The van der Waals surface area contributed by atoms with Gasteiger partial charge in [0.1, 0.15) is 11.6 Å². The smallest absolute Gasteiger partial charge is 0.223 e. The zero-order valence-corrected chi connectivity index (χ0v) is 12.9. The number of hydrogen-bond donors (Lipinski definition) is 1. The summed E-state index contributed by atoms with van der Waals surface area (Å²) in [5.41, 5.74) is 1.01. The molecule has 2 fully saturated rings. The molecule has 1 aliphatic heterocycles. The summed E-state index contributed by atoms with van der Waals surface area (Å²) in [6.45, 7) is 5.84. The molecule has 3 rings (SSSR count). The molecule has 1 N–H and O–H groups in total. The monoisotopic (exact) mass is 288 g/mol. The number of rotatable bonds is 3. The van der Waals surface area contributed by atoms with Crippen LogP contribution in [0.4, 0.5) is 5.82 Å². The SMILES string of the molecule is Cc1cc(N2CCC(NC(=O)C3CCC3)CC2)nc(C)n1. The van der Waals surface area contributed by atoms with Crippen LogP contribution in [0.3, 0.4) is 0 Å². The van der Waals surface area contributed by atoms with Crippen LogP contribution in [0, 0.1) is 19.8 Å². The number of nitrogens with zero attached hydrogens (tertiary/aromatic N) is 3. The van der Waals surface area contributed by atoms with Crippen molar-refractivity contribution in [1.82, 2.24) is 15.3 Å². The highest BCUT2D eigenvalue weighted by Crippen LogP contribution is 2.27. The van der Waals surface area contributed by atoms with Crippen LogP contribution in [0.1, 0.15) is 43.6 Å². The third kappa shape index (κ3) is 3.34. The van der Waals surface area contributed by atoms with Crippen LogP contribution in [-0.4, -0.2) is 35.0 Å². The van der Waals surface area contributed by atoms with Crippen molar-refractivity contribution >= 4 is 11.7 Å². The second-order valence-electron chi connectivity index (χ2n) is 6.31.